The van der Waals surface area contributed by atoms with Crippen LogP contribution in [0.5, 0.6) is 0 Å². The fourth-order valence-electron chi connectivity index (χ4n) is 8.78. The molecule has 0 aliphatic heterocycles. The van der Waals surface area contributed by atoms with Gasteiger partial charge in [0.2, 0.25) is 0 Å². The Labute approximate surface area is 188 Å². The van der Waals surface area contributed by atoms with Crippen LogP contribution in [0, 0.1) is 34.5 Å². The quantitative estimate of drug-likeness (QED) is 0.610. The number of aryl methyl sites for hydroxylation is 1. The molecule has 0 unspecified atom stereocenters. The molecule has 4 aliphatic carbocycles. The van der Waals surface area contributed by atoms with E-state index in [0.717, 1.165) is 56.3 Å². The van der Waals surface area contributed by atoms with Gasteiger partial charge in [0.05, 0.1) is 11.7 Å². The number of rotatable bonds is 4. The van der Waals surface area contributed by atoms with Gasteiger partial charge in [-0.1, -0.05) is 31.6 Å². The summed E-state index contributed by atoms with van der Waals surface area (Å²) in [6, 6.07) is 4.12. The van der Waals surface area contributed by atoms with Gasteiger partial charge in [0.1, 0.15) is 0 Å². The smallest absolute Gasteiger partial charge is 0.0656 e. The van der Waals surface area contributed by atoms with Gasteiger partial charge in [-0.25, -0.2) is 0 Å². The third kappa shape index (κ3) is 3.51. The van der Waals surface area contributed by atoms with Crippen LogP contribution in [0.2, 0.25) is 0 Å². The van der Waals surface area contributed by atoms with Crippen molar-refractivity contribution in [2.75, 3.05) is 0 Å². The molecule has 4 aliphatic rings. The monoisotopic (exact) mass is 423 g/mol. The van der Waals surface area contributed by atoms with Gasteiger partial charge in [-0.05, 0) is 117 Å². The third-order valence-corrected chi connectivity index (χ3v) is 10.5. The summed E-state index contributed by atoms with van der Waals surface area (Å²) in [6.45, 7) is 7.12. The van der Waals surface area contributed by atoms with Crippen LogP contribution in [-0.4, -0.2) is 26.9 Å². The average Bonchev–Trinajstić information content (AvgIpc) is 3.12. The lowest BCUT2D eigenvalue weighted by Gasteiger charge is -2.59. The standard InChI is InChI=1S/C28H41NO2/c1-26-13-11-21(30)17-20(26)6-7-22-23-8-9-25(27(23,2)14-12-24(22)26)28(3,31)15-10-19-5-4-16-29-18-19/h4-6,16,18,21-25,30-31H,7-15,17H2,1-3H3/t21-,22-,23-,24-,25-,26-,27-,28+/m0/s1. The minimum absolute atomic E-state index is 0.129. The number of aromatic nitrogens is 1. The van der Waals surface area contributed by atoms with Crippen LogP contribution >= 0.6 is 0 Å². The van der Waals surface area contributed by atoms with E-state index in [-0.39, 0.29) is 11.5 Å². The Morgan fingerprint density at radius 2 is 1.97 bits per heavy atom. The Kier molecular flexibility index (Phi) is 5.37. The van der Waals surface area contributed by atoms with Crippen LogP contribution in [0.25, 0.3) is 0 Å². The van der Waals surface area contributed by atoms with Crippen LogP contribution in [0.3, 0.4) is 0 Å². The number of pyridine rings is 1. The summed E-state index contributed by atoms with van der Waals surface area (Å²) in [5, 5.41) is 21.9. The Bertz CT molecular complexity index is 833. The number of hydrogen-bond acceptors (Lipinski definition) is 3. The molecule has 0 radical (unpaired) electrons. The molecule has 31 heavy (non-hydrogen) atoms. The second-order valence-corrected chi connectivity index (χ2v) is 12.0. The molecule has 5 rings (SSSR count). The molecule has 8 atom stereocenters. The lowest BCUT2D eigenvalue weighted by molar-refractivity contribution is -0.104. The number of allylic oxidation sites excluding steroid dienone is 1. The molecular weight excluding hydrogens is 382 g/mol. The summed E-state index contributed by atoms with van der Waals surface area (Å²) in [7, 11) is 0. The van der Waals surface area contributed by atoms with Crippen molar-refractivity contribution >= 4 is 0 Å². The van der Waals surface area contributed by atoms with Crippen molar-refractivity contribution in [1.29, 1.82) is 0 Å². The van der Waals surface area contributed by atoms with Gasteiger partial charge in [0.25, 0.3) is 0 Å². The van der Waals surface area contributed by atoms with Crippen molar-refractivity contribution in [2.24, 2.45) is 34.5 Å². The Hall–Kier alpha value is -1.19. The summed E-state index contributed by atoms with van der Waals surface area (Å²) in [4.78, 5) is 4.25. The first kappa shape index (κ1) is 21.6. The predicted molar refractivity (Wildman–Crippen MR) is 124 cm³/mol. The Morgan fingerprint density at radius 1 is 1.13 bits per heavy atom. The van der Waals surface area contributed by atoms with Crippen molar-refractivity contribution < 1.29 is 10.2 Å². The lowest BCUT2D eigenvalue weighted by Crippen LogP contribution is -2.53. The normalized spacial score (nSPS) is 43.9. The molecule has 2 N–H and O–H groups in total. The first-order valence-electron chi connectivity index (χ1n) is 12.7. The van der Waals surface area contributed by atoms with E-state index in [1.807, 2.05) is 18.5 Å². The summed E-state index contributed by atoms with van der Waals surface area (Å²) in [5.41, 5.74) is 2.69. The van der Waals surface area contributed by atoms with E-state index in [4.69, 9.17) is 0 Å². The number of aliphatic hydroxyl groups excluding tert-OH is 1. The highest BCUT2D eigenvalue weighted by molar-refractivity contribution is 5.25. The number of nitrogens with zero attached hydrogens (tertiary/aromatic N) is 1. The van der Waals surface area contributed by atoms with Gasteiger partial charge >= 0.3 is 0 Å². The van der Waals surface area contributed by atoms with Gasteiger partial charge in [-0.2, -0.15) is 0 Å². The summed E-state index contributed by atoms with van der Waals surface area (Å²) in [5.74, 6) is 2.62. The molecular formula is C28H41NO2. The molecule has 3 fully saturated rings. The fourth-order valence-corrected chi connectivity index (χ4v) is 8.78. The van der Waals surface area contributed by atoms with Gasteiger partial charge in [-0.15, -0.1) is 0 Å². The van der Waals surface area contributed by atoms with E-state index in [9.17, 15) is 10.2 Å². The van der Waals surface area contributed by atoms with Crippen LogP contribution < -0.4 is 0 Å². The van der Waals surface area contributed by atoms with Gasteiger partial charge in [0.15, 0.2) is 0 Å². The SMILES string of the molecule is C[C@]12CC[C@H]3[C@@H](CC=C4C[C@@H](O)CC[C@@]43C)[C@@H]1CC[C@@H]2[C@](C)(O)CCc1cccnc1. The van der Waals surface area contributed by atoms with E-state index in [1.165, 1.54) is 31.2 Å². The molecule has 1 aromatic rings. The molecule has 1 heterocycles. The van der Waals surface area contributed by atoms with Crippen molar-refractivity contribution in [1.82, 2.24) is 4.98 Å². The highest BCUT2D eigenvalue weighted by atomic mass is 16.3. The Morgan fingerprint density at radius 3 is 2.74 bits per heavy atom. The van der Waals surface area contributed by atoms with Crippen LogP contribution in [0.4, 0.5) is 0 Å². The highest BCUT2D eigenvalue weighted by Gasteiger charge is 2.61. The largest absolute Gasteiger partial charge is 0.393 e. The second kappa shape index (κ2) is 7.70. The average molecular weight is 424 g/mol. The zero-order chi connectivity index (χ0) is 21.9. The van der Waals surface area contributed by atoms with Crippen LogP contribution in [0.1, 0.15) is 84.1 Å². The summed E-state index contributed by atoms with van der Waals surface area (Å²) >= 11 is 0. The van der Waals surface area contributed by atoms with E-state index >= 15 is 0 Å². The maximum absolute atomic E-state index is 11.7. The zero-order valence-electron chi connectivity index (χ0n) is 19.7. The highest BCUT2D eigenvalue weighted by Crippen LogP contribution is 2.67. The third-order valence-electron chi connectivity index (χ3n) is 10.5. The second-order valence-electron chi connectivity index (χ2n) is 12.0. The first-order valence-corrected chi connectivity index (χ1v) is 12.7. The predicted octanol–water partition coefficient (Wildman–Crippen LogP) is 5.71. The van der Waals surface area contributed by atoms with Gasteiger partial charge < -0.3 is 10.2 Å². The molecule has 3 saturated carbocycles. The molecule has 1 aromatic heterocycles. The van der Waals surface area contributed by atoms with E-state index in [2.05, 4.69) is 37.9 Å². The van der Waals surface area contributed by atoms with Crippen molar-refractivity contribution in [3.63, 3.8) is 0 Å². The minimum Gasteiger partial charge on any atom is -0.393 e. The van der Waals surface area contributed by atoms with Gasteiger partial charge in [-0.3, -0.25) is 4.98 Å². The van der Waals surface area contributed by atoms with Crippen molar-refractivity contribution in [3.05, 3.63) is 41.7 Å². The Balaban J connectivity index is 1.35. The van der Waals surface area contributed by atoms with Crippen LogP contribution in [-0.2, 0) is 6.42 Å². The molecule has 0 saturated heterocycles. The van der Waals surface area contributed by atoms with Crippen LogP contribution in [0.15, 0.2) is 36.2 Å². The molecule has 3 heteroatoms. The maximum Gasteiger partial charge on any atom is 0.0656 e. The summed E-state index contributed by atoms with van der Waals surface area (Å²) < 4.78 is 0. The van der Waals surface area contributed by atoms with Gasteiger partial charge in [0, 0.05) is 12.4 Å². The van der Waals surface area contributed by atoms with E-state index in [1.54, 1.807) is 5.57 Å². The minimum atomic E-state index is -0.624. The number of aliphatic hydroxyl groups is 2. The molecule has 3 nitrogen and oxygen atoms in total. The van der Waals surface area contributed by atoms with E-state index < -0.39 is 5.60 Å². The maximum atomic E-state index is 11.7. The van der Waals surface area contributed by atoms with Crippen molar-refractivity contribution in [3.8, 4) is 0 Å². The molecule has 0 bridgehead atoms. The summed E-state index contributed by atoms with van der Waals surface area (Å²) in [6.07, 6.45) is 17.0. The molecule has 0 spiro atoms. The first-order chi connectivity index (χ1) is 14.7. The molecule has 0 amide bonds. The fraction of sp³-hybridized carbons (Fsp3) is 0.750. The van der Waals surface area contributed by atoms with E-state index in [0.29, 0.717) is 11.3 Å². The lowest BCUT2D eigenvalue weighted by atomic mass is 9.46. The topological polar surface area (TPSA) is 53.4 Å². The number of hydrogen-bond donors (Lipinski definition) is 2. The number of fused-ring (bicyclic) bond motifs is 5. The van der Waals surface area contributed by atoms with Crippen molar-refractivity contribution in [2.45, 2.75) is 96.7 Å². The molecule has 170 valence electrons. The molecule has 0 aromatic carbocycles. The zero-order valence-corrected chi connectivity index (χ0v) is 19.7.